The molecule has 1 N–H and O–H groups in total. The van der Waals surface area contributed by atoms with Crippen molar-refractivity contribution >= 4 is 15.9 Å². The summed E-state index contributed by atoms with van der Waals surface area (Å²) in [5, 5.41) is 3.96. The van der Waals surface area contributed by atoms with E-state index in [1.54, 1.807) is 7.11 Å². The van der Waals surface area contributed by atoms with Crippen LogP contribution in [-0.4, -0.2) is 19.3 Å². The van der Waals surface area contributed by atoms with Crippen LogP contribution >= 0.6 is 15.9 Å². The van der Waals surface area contributed by atoms with Gasteiger partial charge < -0.3 is 14.8 Å². The van der Waals surface area contributed by atoms with E-state index in [0.717, 1.165) is 40.3 Å². The van der Waals surface area contributed by atoms with E-state index in [0.29, 0.717) is 12.1 Å². The largest absolute Gasteiger partial charge is 0.493 e. The Hall–Kier alpha value is -0.740. The van der Waals surface area contributed by atoms with Crippen molar-refractivity contribution in [1.29, 1.82) is 0 Å². The zero-order valence-electron chi connectivity index (χ0n) is 14.7. The van der Waals surface area contributed by atoms with Gasteiger partial charge in [0, 0.05) is 16.6 Å². The smallest absolute Gasteiger partial charge is 0.162 e. The maximum absolute atomic E-state index is 5.67. The van der Waals surface area contributed by atoms with Crippen molar-refractivity contribution in [2.45, 2.75) is 57.5 Å². The van der Waals surface area contributed by atoms with Crippen LogP contribution in [0.2, 0.25) is 0 Å². The lowest BCUT2D eigenvalue weighted by Gasteiger charge is -2.57. The first-order valence-corrected chi connectivity index (χ1v) is 10.1. The molecule has 4 aliphatic rings. The number of hydrogen-bond acceptors (Lipinski definition) is 3. The SMILES string of the molecule is CCOc1cc(Br)c(CNC23CC4CC(CC(C4)C2)C3)cc1OC. The molecule has 4 heteroatoms. The maximum atomic E-state index is 5.67. The van der Waals surface area contributed by atoms with Crippen molar-refractivity contribution in [1.82, 2.24) is 5.32 Å². The van der Waals surface area contributed by atoms with Crippen molar-refractivity contribution in [3.05, 3.63) is 22.2 Å². The Morgan fingerprint density at radius 1 is 1.08 bits per heavy atom. The summed E-state index contributed by atoms with van der Waals surface area (Å²) in [5.41, 5.74) is 1.64. The predicted molar refractivity (Wildman–Crippen MR) is 99.6 cm³/mol. The highest BCUT2D eigenvalue weighted by atomic mass is 79.9. The van der Waals surface area contributed by atoms with Crippen LogP contribution in [0.1, 0.15) is 51.0 Å². The summed E-state index contributed by atoms with van der Waals surface area (Å²) < 4.78 is 12.3. The number of benzene rings is 1. The third-order valence-corrected chi connectivity index (χ3v) is 7.06. The molecule has 0 amide bonds. The lowest BCUT2D eigenvalue weighted by Crippen LogP contribution is -2.58. The molecule has 5 rings (SSSR count). The van der Waals surface area contributed by atoms with Gasteiger partial charge >= 0.3 is 0 Å². The van der Waals surface area contributed by atoms with E-state index in [1.807, 2.05) is 13.0 Å². The Balaban J connectivity index is 1.50. The van der Waals surface area contributed by atoms with Crippen LogP contribution in [0.15, 0.2) is 16.6 Å². The molecule has 4 saturated carbocycles. The zero-order chi connectivity index (χ0) is 16.7. The third-order valence-electron chi connectivity index (χ3n) is 6.32. The zero-order valence-corrected chi connectivity index (χ0v) is 16.3. The summed E-state index contributed by atoms with van der Waals surface area (Å²) in [6.07, 6.45) is 8.60. The van der Waals surface area contributed by atoms with E-state index in [4.69, 9.17) is 9.47 Å². The molecule has 1 aromatic rings. The molecule has 4 fully saturated rings. The number of rotatable bonds is 6. The average molecular weight is 394 g/mol. The molecule has 1 aromatic carbocycles. The second-order valence-electron chi connectivity index (χ2n) is 8.08. The van der Waals surface area contributed by atoms with Gasteiger partial charge in [-0.05, 0) is 80.9 Å². The topological polar surface area (TPSA) is 30.5 Å². The molecule has 0 atom stereocenters. The minimum absolute atomic E-state index is 0.389. The molecule has 0 saturated heterocycles. The van der Waals surface area contributed by atoms with Crippen molar-refractivity contribution < 1.29 is 9.47 Å². The molecule has 0 heterocycles. The minimum atomic E-state index is 0.389. The van der Waals surface area contributed by atoms with Gasteiger partial charge in [-0.15, -0.1) is 0 Å². The van der Waals surface area contributed by atoms with Crippen LogP contribution < -0.4 is 14.8 Å². The highest BCUT2D eigenvalue weighted by Gasteiger charge is 2.50. The molecular formula is C20H28BrNO2. The number of ether oxygens (including phenoxy) is 2. The molecule has 0 spiro atoms. The first kappa shape index (κ1) is 16.7. The molecule has 24 heavy (non-hydrogen) atoms. The Labute approximate surface area is 153 Å². The Bertz CT molecular complexity index is 581. The Morgan fingerprint density at radius 2 is 1.71 bits per heavy atom. The highest BCUT2D eigenvalue weighted by Crippen LogP contribution is 2.55. The summed E-state index contributed by atoms with van der Waals surface area (Å²) in [4.78, 5) is 0. The fourth-order valence-electron chi connectivity index (χ4n) is 5.75. The van der Waals surface area contributed by atoms with E-state index in [9.17, 15) is 0 Å². The minimum Gasteiger partial charge on any atom is -0.493 e. The molecule has 0 radical (unpaired) electrons. The van der Waals surface area contributed by atoms with Crippen LogP contribution in [0, 0.1) is 17.8 Å². The molecule has 0 aromatic heterocycles. The van der Waals surface area contributed by atoms with E-state index >= 15 is 0 Å². The van der Waals surface area contributed by atoms with Crippen LogP contribution in [0.4, 0.5) is 0 Å². The first-order valence-electron chi connectivity index (χ1n) is 9.35. The van der Waals surface area contributed by atoms with Crippen LogP contribution in [0.25, 0.3) is 0 Å². The third kappa shape index (κ3) is 3.08. The molecular weight excluding hydrogens is 366 g/mol. The normalized spacial score (nSPS) is 33.7. The quantitative estimate of drug-likeness (QED) is 0.743. The Kier molecular flexibility index (Phi) is 4.55. The summed E-state index contributed by atoms with van der Waals surface area (Å²) in [5.74, 6) is 4.55. The van der Waals surface area contributed by atoms with Gasteiger partial charge in [-0.1, -0.05) is 15.9 Å². The van der Waals surface area contributed by atoms with Crippen LogP contribution in [0.3, 0.4) is 0 Å². The van der Waals surface area contributed by atoms with Crippen molar-refractivity contribution in [2.24, 2.45) is 17.8 Å². The van der Waals surface area contributed by atoms with E-state index in [1.165, 1.54) is 44.1 Å². The van der Waals surface area contributed by atoms with Gasteiger partial charge in [0.25, 0.3) is 0 Å². The monoisotopic (exact) mass is 393 g/mol. The number of nitrogens with one attached hydrogen (secondary N) is 1. The molecule has 132 valence electrons. The van der Waals surface area contributed by atoms with Crippen LogP contribution in [-0.2, 0) is 6.54 Å². The van der Waals surface area contributed by atoms with Crippen molar-refractivity contribution in [3.8, 4) is 11.5 Å². The average Bonchev–Trinajstić information content (AvgIpc) is 2.53. The van der Waals surface area contributed by atoms with Crippen LogP contribution in [0.5, 0.6) is 11.5 Å². The molecule has 4 aliphatic carbocycles. The molecule has 0 aliphatic heterocycles. The summed E-state index contributed by atoms with van der Waals surface area (Å²) in [6.45, 7) is 3.54. The van der Waals surface area contributed by atoms with E-state index < -0.39 is 0 Å². The molecule has 4 bridgehead atoms. The lowest BCUT2D eigenvalue weighted by atomic mass is 9.53. The second kappa shape index (κ2) is 6.53. The van der Waals surface area contributed by atoms with E-state index in [-0.39, 0.29) is 0 Å². The lowest BCUT2D eigenvalue weighted by molar-refractivity contribution is -0.0206. The fraction of sp³-hybridized carbons (Fsp3) is 0.700. The molecule has 3 nitrogen and oxygen atoms in total. The van der Waals surface area contributed by atoms with Crippen molar-refractivity contribution in [2.75, 3.05) is 13.7 Å². The summed E-state index contributed by atoms with van der Waals surface area (Å²) >= 11 is 3.72. The summed E-state index contributed by atoms with van der Waals surface area (Å²) in [7, 11) is 1.71. The van der Waals surface area contributed by atoms with Gasteiger partial charge in [0.2, 0.25) is 0 Å². The number of hydrogen-bond donors (Lipinski definition) is 1. The number of methoxy groups -OCH3 is 1. The Morgan fingerprint density at radius 3 is 2.25 bits per heavy atom. The second-order valence-corrected chi connectivity index (χ2v) is 8.93. The standard InChI is InChI=1S/C20H28BrNO2/c1-3-24-19-8-17(21)16(7-18(19)23-2)12-22-20-9-13-4-14(10-20)6-15(5-13)11-20/h7-8,13-15,22H,3-6,9-12H2,1-2H3. The molecule has 0 unspecified atom stereocenters. The van der Waals surface area contributed by atoms with Crippen molar-refractivity contribution in [3.63, 3.8) is 0 Å². The van der Waals surface area contributed by atoms with E-state index in [2.05, 4.69) is 27.3 Å². The van der Waals surface area contributed by atoms with Gasteiger partial charge in [-0.25, -0.2) is 0 Å². The van der Waals surface area contributed by atoms with Gasteiger partial charge in [0.05, 0.1) is 13.7 Å². The van der Waals surface area contributed by atoms with Gasteiger partial charge in [0.1, 0.15) is 0 Å². The van der Waals surface area contributed by atoms with Gasteiger partial charge in [0.15, 0.2) is 11.5 Å². The van der Waals surface area contributed by atoms with Gasteiger partial charge in [-0.3, -0.25) is 0 Å². The summed E-state index contributed by atoms with van der Waals surface area (Å²) in [6, 6.07) is 4.15. The number of halogens is 1. The van der Waals surface area contributed by atoms with Gasteiger partial charge in [-0.2, -0.15) is 0 Å². The fourth-order valence-corrected chi connectivity index (χ4v) is 6.21. The highest BCUT2D eigenvalue weighted by molar-refractivity contribution is 9.10. The predicted octanol–water partition coefficient (Wildman–Crippen LogP) is 4.91. The first-order chi connectivity index (χ1) is 11.6. The maximum Gasteiger partial charge on any atom is 0.162 e.